The van der Waals surface area contributed by atoms with Crippen LogP contribution in [0.3, 0.4) is 0 Å². The monoisotopic (exact) mass is 297 g/mol. The van der Waals surface area contributed by atoms with Gasteiger partial charge in [0, 0.05) is 27.2 Å². The van der Waals surface area contributed by atoms with Gasteiger partial charge in [-0.05, 0) is 37.5 Å². The molecule has 1 N–H and O–H groups in total. The molecule has 0 bridgehead atoms. The van der Waals surface area contributed by atoms with Crippen LogP contribution in [0.4, 0.5) is 4.79 Å². The van der Waals surface area contributed by atoms with Crippen molar-refractivity contribution >= 4 is 11.9 Å². The largest absolute Gasteiger partial charge is 0.347 e. The maximum absolute atomic E-state index is 12.3. The second kappa shape index (κ2) is 7.14. The van der Waals surface area contributed by atoms with E-state index >= 15 is 0 Å². The molecule has 1 saturated heterocycles. The molecule has 1 aliphatic rings. The van der Waals surface area contributed by atoms with E-state index in [9.17, 15) is 9.59 Å². The number of nitrogens with zero attached hydrogens (tertiary/aromatic N) is 2. The highest BCUT2D eigenvalue weighted by molar-refractivity contribution is 5.86. The minimum atomic E-state index is -0.478. The smallest absolute Gasteiger partial charge is 0.318 e. The zero-order chi connectivity index (χ0) is 16.2. The maximum Gasteiger partial charge on any atom is 0.318 e. The predicted molar refractivity (Wildman–Crippen MR) is 85.1 cm³/mol. The molecule has 0 spiro atoms. The van der Waals surface area contributed by atoms with Crippen LogP contribution in [-0.4, -0.2) is 55.0 Å². The molecule has 3 amide bonds. The van der Waals surface area contributed by atoms with Crippen LogP contribution in [0.2, 0.25) is 0 Å². The van der Waals surface area contributed by atoms with Crippen molar-refractivity contribution in [3.8, 4) is 0 Å². The highest BCUT2D eigenvalue weighted by Gasteiger charge is 2.29. The summed E-state index contributed by atoms with van der Waals surface area (Å²) in [7, 11) is 3.40. The fourth-order valence-electron chi connectivity index (χ4n) is 2.89. The molecule has 0 aromatic heterocycles. The molecule has 5 heteroatoms. The van der Waals surface area contributed by atoms with Crippen molar-refractivity contribution in [1.82, 2.24) is 15.1 Å². The standard InChI is InChI=1S/C16H31N3O2/c1-12(14(20)18(5)6)17-15(21)19-10-7-8-13(9-11-19)16(2,3)4/h12-13H,7-11H2,1-6H3,(H,17,21)/t12-,13+/m1/s1. The first-order valence-corrected chi connectivity index (χ1v) is 7.89. The van der Waals surface area contributed by atoms with Gasteiger partial charge in [0.2, 0.25) is 5.91 Å². The lowest BCUT2D eigenvalue weighted by Crippen LogP contribution is -2.49. The van der Waals surface area contributed by atoms with Crippen LogP contribution in [0.25, 0.3) is 0 Å². The summed E-state index contributed by atoms with van der Waals surface area (Å²) < 4.78 is 0. The molecule has 5 nitrogen and oxygen atoms in total. The van der Waals surface area contributed by atoms with Crippen LogP contribution < -0.4 is 5.32 Å². The lowest BCUT2D eigenvalue weighted by molar-refractivity contribution is -0.130. The Hall–Kier alpha value is -1.26. The Morgan fingerprint density at radius 1 is 1.19 bits per heavy atom. The molecule has 1 fully saturated rings. The first kappa shape index (κ1) is 17.8. The van der Waals surface area contributed by atoms with E-state index in [2.05, 4.69) is 26.1 Å². The zero-order valence-electron chi connectivity index (χ0n) is 14.4. The molecule has 2 atom stereocenters. The predicted octanol–water partition coefficient (Wildman–Crippen LogP) is 2.32. The molecule has 21 heavy (non-hydrogen) atoms. The minimum absolute atomic E-state index is 0.0780. The van der Waals surface area contributed by atoms with Gasteiger partial charge in [-0.3, -0.25) is 4.79 Å². The Bertz CT molecular complexity index is 374. The number of nitrogens with one attached hydrogen (secondary N) is 1. The molecule has 1 rings (SSSR count). The van der Waals surface area contributed by atoms with E-state index in [1.807, 2.05) is 4.90 Å². The molecule has 0 aromatic carbocycles. The fraction of sp³-hybridized carbons (Fsp3) is 0.875. The van der Waals surface area contributed by atoms with Crippen molar-refractivity contribution in [3.05, 3.63) is 0 Å². The van der Waals surface area contributed by atoms with E-state index in [0.717, 1.165) is 25.9 Å². The normalized spacial score (nSPS) is 21.4. The Balaban J connectivity index is 2.54. The van der Waals surface area contributed by atoms with Gasteiger partial charge in [0.15, 0.2) is 0 Å². The summed E-state index contributed by atoms with van der Waals surface area (Å²) in [4.78, 5) is 27.4. The molecular weight excluding hydrogens is 266 g/mol. The Labute approximate surface area is 129 Å². The van der Waals surface area contributed by atoms with E-state index < -0.39 is 6.04 Å². The summed E-state index contributed by atoms with van der Waals surface area (Å²) in [5.41, 5.74) is 0.292. The van der Waals surface area contributed by atoms with E-state index in [1.165, 1.54) is 11.3 Å². The number of amides is 3. The van der Waals surface area contributed by atoms with Crippen LogP contribution in [0.5, 0.6) is 0 Å². The molecule has 122 valence electrons. The number of rotatable bonds is 2. The summed E-state index contributed by atoms with van der Waals surface area (Å²) in [5.74, 6) is 0.571. The number of hydrogen-bond acceptors (Lipinski definition) is 2. The van der Waals surface area contributed by atoms with E-state index in [4.69, 9.17) is 0 Å². The van der Waals surface area contributed by atoms with Gasteiger partial charge in [0.05, 0.1) is 0 Å². The Morgan fingerprint density at radius 2 is 1.81 bits per heavy atom. The number of likely N-dealkylation sites (tertiary alicyclic amines) is 1. The quantitative estimate of drug-likeness (QED) is 0.850. The summed E-state index contributed by atoms with van der Waals surface area (Å²) in [6.45, 7) is 10.1. The number of carbonyl (C=O) groups is 2. The van der Waals surface area contributed by atoms with Gasteiger partial charge in [-0.25, -0.2) is 4.79 Å². The van der Waals surface area contributed by atoms with E-state index in [-0.39, 0.29) is 11.9 Å². The Morgan fingerprint density at radius 3 is 2.33 bits per heavy atom. The highest BCUT2D eigenvalue weighted by Crippen LogP contribution is 2.34. The van der Waals surface area contributed by atoms with Crippen LogP contribution >= 0.6 is 0 Å². The summed E-state index contributed by atoms with van der Waals surface area (Å²) in [6.07, 6.45) is 3.23. The van der Waals surface area contributed by atoms with Gasteiger partial charge < -0.3 is 15.1 Å². The third-order valence-electron chi connectivity index (χ3n) is 4.39. The van der Waals surface area contributed by atoms with Crippen LogP contribution in [0.15, 0.2) is 0 Å². The molecule has 1 heterocycles. The molecule has 0 aromatic rings. The molecular formula is C16H31N3O2. The average molecular weight is 297 g/mol. The van der Waals surface area contributed by atoms with Gasteiger partial charge in [-0.2, -0.15) is 0 Å². The molecule has 0 aliphatic carbocycles. The molecule has 0 saturated carbocycles. The SMILES string of the molecule is C[C@@H](NC(=O)N1CCC[C@H](C(C)(C)C)CC1)C(=O)N(C)C. The van der Waals surface area contributed by atoms with Crippen molar-refractivity contribution in [2.24, 2.45) is 11.3 Å². The van der Waals surface area contributed by atoms with Gasteiger partial charge in [0.1, 0.15) is 6.04 Å². The topological polar surface area (TPSA) is 52.7 Å². The summed E-state index contributed by atoms with van der Waals surface area (Å²) in [5, 5.41) is 2.81. The summed E-state index contributed by atoms with van der Waals surface area (Å²) in [6, 6.07) is -0.596. The lowest BCUT2D eigenvalue weighted by Gasteiger charge is -2.30. The highest BCUT2D eigenvalue weighted by atomic mass is 16.2. The van der Waals surface area contributed by atoms with E-state index in [0.29, 0.717) is 11.3 Å². The first-order valence-electron chi connectivity index (χ1n) is 7.89. The third-order valence-corrected chi connectivity index (χ3v) is 4.39. The second-order valence-corrected chi connectivity index (χ2v) is 7.38. The number of carbonyl (C=O) groups excluding carboxylic acids is 2. The van der Waals surface area contributed by atoms with Crippen molar-refractivity contribution < 1.29 is 9.59 Å². The number of hydrogen-bond donors (Lipinski definition) is 1. The van der Waals surface area contributed by atoms with Crippen LogP contribution in [0, 0.1) is 11.3 Å². The number of urea groups is 1. The number of likely N-dealkylation sites (N-methyl/N-ethyl adjacent to an activating group) is 1. The van der Waals surface area contributed by atoms with Gasteiger partial charge >= 0.3 is 6.03 Å². The lowest BCUT2D eigenvalue weighted by atomic mass is 9.77. The van der Waals surface area contributed by atoms with Crippen molar-refractivity contribution in [2.75, 3.05) is 27.2 Å². The van der Waals surface area contributed by atoms with Crippen molar-refractivity contribution in [2.45, 2.75) is 53.0 Å². The first-order chi connectivity index (χ1) is 9.62. The third kappa shape index (κ3) is 5.21. The fourth-order valence-corrected chi connectivity index (χ4v) is 2.89. The summed E-state index contributed by atoms with van der Waals surface area (Å²) >= 11 is 0. The van der Waals surface area contributed by atoms with Crippen molar-refractivity contribution in [3.63, 3.8) is 0 Å². The van der Waals surface area contributed by atoms with Crippen LogP contribution in [0.1, 0.15) is 47.0 Å². The average Bonchev–Trinajstić information content (AvgIpc) is 2.62. The molecule has 1 aliphatic heterocycles. The minimum Gasteiger partial charge on any atom is -0.347 e. The zero-order valence-corrected chi connectivity index (χ0v) is 14.4. The van der Waals surface area contributed by atoms with Gasteiger partial charge in [0.25, 0.3) is 0 Å². The molecule has 0 unspecified atom stereocenters. The Kier molecular flexibility index (Phi) is 6.05. The second-order valence-electron chi connectivity index (χ2n) is 7.38. The van der Waals surface area contributed by atoms with Crippen molar-refractivity contribution in [1.29, 1.82) is 0 Å². The van der Waals surface area contributed by atoms with Gasteiger partial charge in [-0.15, -0.1) is 0 Å². The molecule has 0 radical (unpaired) electrons. The van der Waals surface area contributed by atoms with E-state index in [1.54, 1.807) is 21.0 Å². The maximum atomic E-state index is 12.3. The van der Waals surface area contributed by atoms with Gasteiger partial charge in [-0.1, -0.05) is 20.8 Å². The van der Waals surface area contributed by atoms with Crippen LogP contribution in [-0.2, 0) is 4.79 Å².